The number of rotatable bonds is 8. The topological polar surface area (TPSA) is 63.8 Å². The van der Waals surface area contributed by atoms with Crippen LogP contribution in [0.4, 0.5) is 0 Å². The molecule has 0 fully saturated rings. The van der Waals surface area contributed by atoms with Crippen LogP contribution < -0.4 is 0 Å². The Kier molecular flexibility index (Phi) is 5.68. The van der Waals surface area contributed by atoms with Gasteiger partial charge in [0.05, 0.1) is 7.05 Å². The zero-order valence-electron chi connectivity index (χ0n) is 11.9. The van der Waals surface area contributed by atoms with Gasteiger partial charge in [-0.05, 0) is 30.0 Å². The Morgan fingerprint density at radius 2 is 1.85 bits per heavy atom. The third-order valence-electron chi connectivity index (χ3n) is 3.36. The quantitative estimate of drug-likeness (QED) is 0.751. The van der Waals surface area contributed by atoms with E-state index in [1.165, 1.54) is 23.2 Å². The zero-order chi connectivity index (χ0) is 14.2. The molecule has 0 amide bonds. The molecule has 0 aliphatic carbocycles. The average Bonchev–Trinajstić information content (AvgIpc) is 2.90. The van der Waals surface area contributed by atoms with E-state index in [1.807, 2.05) is 6.07 Å². The van der Waals surface area contributed by atoms with Gasteiger partial charge in [-0.25, -0.2) is 0 Å². The van der Waals surface area contributed by atoms with E-state index in [4.69, 9.17) is 0 Å². The molecule has 0 bridgehead atoms. The molecule has 5 heteroatoms. The van der Waals surface area contributed by atoms with Crippen molar-refractivity contribution in [2.24, 2.45) is 7.05 Å². The number of aromatic nitrogens is 4. The Morgan fingerprint density at radius 1 is 1.10 bits per heavy atom. The summed E-state index contributed by atoms with van der Waals surface area (Å²) < 4.78 is 0. The van der Waals surface area contributed by atoms with Gasteiger partial charge in [-0.2, -0.15) is 4.80 Å². The van der Waals surface area contributed by atoms with Gasteiger partial charge in [-0.1, -0.05) is 49.6 Å². The maximum atomic E-state index is 9.89. The molecule has 2 rings (SSSR count). The Balaban J connectivity index is 1.55. The second-order valence-electron chi connectivity index (χ2n) is 5.09. The Hall–Kier alpha value is -1.75. The molecule has 5 nitrogen and oxygen atoms in total. The summed E-state index contributed by atoms with van der Waals surface area (Å²) in [5, 5.41) is 21.4. The molecular formula is C15H22N4O. The molecule has 1 heterocycles. The Morgan fingerprint density at radius 3 is 2.55 bits per heavy atom. The summed E-state index contributed by atoms with van der Waals surface area (Å²) in [6.45, 7) is 0. The van der Waals surface area contributed by atoms with Gasteiger partial charge >= 0.3 is 0 Å². The number of nitrogens with zero attached hydrogens (tertiary/aromatic N) is 4. The predicted octanol–water partition coefficient (Wildman–Crippen LogP) is 2.44. The highest BCUT2D eigenvalue weighted by Crippen LogP contribution is 2.16. The van der Waals surface area contributed by atoms with Crippen molar-refractivity contribution in [2.45, 2.75) is 44.6 Å². The average molecular weight is 274 g/mol. The van der Waals surface area contributed by atoms with Crippen molar-refractivity contribution >= 4 is 0 Å². The predicted molar refractivity (Wildman–Crippen MR) is 77.0 cm³/mol. The molecular weight excluding hydrogens is 252 g/mol. The highest BCUT2D eigenvalue weighted by atomic mass is 16.3. The first-order chi connectivity index (χ1) is 9.75. The first kappa shape index (κ1) is 14.7. The lowest BCUT2D eigenvalue weighted by molar-refractivity contribution is 0.153. The number of tetrazole rings is 1. The van der Waals surface area contributed by atoms with Gasteiger partial charge in [0.1, 0.15) is 6.10 Å². The normalized spacial score (nSPS) is 12.5. The van der Waals surface area contributed by atoms with Gasteiger partial charge in [0.2, 0.25) is 5.82 Å². The van der Waals surface area contributed by atoms with E-state index >= 15 is 0 Å². The number of aliphatic hydroxyl groups is 1. The number of aliphatic hydroxyl groups excluding tert-OH is 1. The van der Waals surface area contributed by atoms with Crippen LogP contribution in [0.2, 0.25) is 0 Å². The van der Waals surface area contributed by atoms with E-state index in [1.54, 1.807) is 7.05 Å². The number of aryl methyl sites for hydroxylation is 2. The molecule has 0 saturated heterocycles. The fraction of sp³-hybridized carbons (Fsp3) is 0.533. The monoisotopic (exact) mass is 274 g/mol. The van der Waals surface area contributed by atoms with Gasteiger partial charge in [0.15, 0.2) is 0 Å². The molecule has 0 aliphatic heterocycles. The molecule has 1 aromatic carbocycles. The van der Waals surface area contributed by atoms with Crippen LogP contribution in [0.15, 0.2) is 30.3 Å². The van der Waals surface area contributed by atoms with Gasteiger partial charge < -0.3 is 5.11 Å². The van der Waals surface area contributed by atoms with Crippen molar-refractivity contribution in [1.29, 1.82) is 0 Å². The van der Waals surface area contributed by atoms with Crippen LogP contribution in [0.1, 0.15) is 49.6 Å². The van der Waals surface area contributed by atoms with Gasteiger partial charge in [-0.15, -0.1) is 10.2 Å². The minimum absolute atomic E-state index is 0.428. The highest BCUT2D eigenvalue weighted by Gasteiger charge is 2.12. The molecule has 1 atom stereocenters. The Labute approximate surface area is 119 Å². The summed E-state index contributed by atoms with van der Waals surface area (Å²) in [5.74, 6) is 0.428. The van der Waals surface area contributed by atoms with Crippen LogP contribution in [-0.2, 0) is 13.5 Å². The standard InChI is InChI=1S/C15H22N4O/c1-19-17-15(16-18-19)14(20)12-8-3-2-5-9-13-10-6-4-7-11-13/h4,6-7,10-11,14,20H,2-3,5,8-9,12H2,1H3. The fourth-order valence-corrected chi connectivity index (χ4v) is 2.23. The first-order valence-electron chi connectivity index (χ1n) is 7.21. The minimum atomic E-state index is -0.585. The van der Waals surface area contributed by atoms with Crippen LogP contribution in [0, 0.1) is 0 Å². The minimum Gasteiger partial charge on any atom is -0.385 e. The largest absolute Gasteiger partial charge is 0.385 e. The lowest BCUT2D eigenvalue weighted by Gasteiger charge is -2.06. The third-order valence-corrected chi connectivity index (χ3v) is 3.36. The van der Waals surface area contributed by atoms with Crippen molar-refractivity contribution in [3.8, 4) is 0 Å². The molecule has 0 radical (unpaired) electrons. The molecule has 0 aliphatic rings. The summed E-state index contributed by atoms with van der Waals surface area (Å²) in [5.41, 5.74) is 1.40. The maximum absolute atomic E-state index is 9.89. The number of benzene rings is 1. The van der Waals surface area contributed by atoms with Crippen molar-refractivity contribution in [1.82, 2.24) is 20.2 Å². The number of hydrogen-bond donors (Lipinski definition) is 1. The summed E-state index contributed by atoms with van der Waals surface area (Å²) in [7, 11) is 1.70. The van der Waals surface area contributed by atoms with Crippen LogP contribution in [-0.4, -0.2) is 25.3 Å². The maximum Gasteiger partial charge on any atom is 0.203 e. The van der Waals surface area contributed by atoms with Gasteiger partial charge in [0, 0.05) is 0 Å². The van der Waals surface area contributed by atoms with Crippen LogP contribution in [0.5, 0.6) is 0 Å². The fourth-order valence-electron chi connectivity index (χ4n) is 2.23. The smallest absolute Gasteiger partial charge is 0.203 e. The number of hydrogen-bond acceptors (Lipinski definition) is 4. The molecule has 108 valence electrons. The van der Waals surface area contributed by atoms with E-state index in [9.17, 15) is 5.11 Å². The van der Waals surface area contributed by atoms with E-state index in [-0.39, 0.29) is 0 Å². The summed E-state index contributed by atoms with van der Waals surface area (Å²) in [4.78, 5) is 1.37. The second kappa shape index (κ2) is 7.75. The highest BCUT2D eigenvalue weighted by molar-refractivity contribution is 5.14. The molecule has 0 spiro atoms. The van der Waals surface area contributed by atoms with Crippen LogP contribution in [0.25, 0.3) is 0 Å². The lowest BCUT2D eigenvalue weighted by Crippen LogP contribution is -2.01. The first-order valence-corrected chi connectivity index (χ1v) is 7.21. The molecule has 1 aromatic heterocycles. The third kappa shape index (κ3) is 4.74. The van der Waals surface area contributed by atoms with E-state index < -0.39 is 6.10 Å². The zero-order valence-corrected chi connectivity index (χ0v) is 11.9. The van der Waals surface area contributed by atoms with Gasteiger partial charge in [0.25, 0.3) is 0 Å². The molecule has 2 aromatic rings. The lowest BCUT2D eigenvalue weighted by atomic mass is 10.0. The molecule has 1 unspecified atom stereocenters. The van der Waals surface area contributed by atoms with Crippen molar-refractivity contribution in [3.63, 3.8) is 0 Å². The van der Waals surface area contributed by atoms with E-state index in [2.05, 4.69) is 39.7 Å². The number of unbranched alkanes of at least 4 members (excludes halogenated alkanes) is 3. The van der Waals surface area contributed by atoms with Gasteiger partial charge in [-0.3, -0.25) is 0 Å². The molecule has 1 N–H and O–H groups in total. The summed E-state index contributed by atoms with van der Waals surface area (Å²) in [6.07, 6.45) is 5.77. The second-order valence-corrected chi connectivity index (χ2v) is 5.09. The van der Waals surface area contributed by atoms with Crippen molar-refractivity contribution in [3.05, 3.63) is 41.7 Å². The van der Waals surface area contributed by atoms with Crippen molar-refractivity contribution < 1.29 is 5.11 Å². The van der Waals surface area contributed by atoms with E-state index in [0.29, 0.717) is 12.2 Å². The molecule has 20 heavy (non-hydrogen) atoms. The van der Waals surface area contributed by atoms with Crippen LogP contribution >= 0.6 is 0 Å². The van der Waals surface area contributed by atoms with E-state index in [0.717, 1.165) is 19.3 Å². The summed E-state index contributed by atoms with van der Waals surface area (Å²) >= 11 is 0. The molecule has 0 saturated carbocycles. The van der Waals surface area contributed by atoms with Crippen LogP contribution in [0.3, 0.4) is 0 Å². The Bertz CT molecular complexity index is 498. The summed E-state index contributed by atoms with van der Waals surface area (Å²) in [6, 6.07) is 10.6. The van der Waals surface area contributed by atoms with Crippen molar-refractivity contribution in [2.75, 3.05) is 0 Å². The SMILES string of the molecule is Cn1nnc(C(O)CCCCCCc2ccccc2)n1.